The molecule has 0 radical (unpaired) electrons. The van der Waals surface area contributed by atoms with Crippen molar-refractivity contribution in [1.29, 1.82) is 0 Å². The summed E-state index contributed by atoms with van der Waals surface area (Å²) in [6, 6.07) is 6.49. The number of hydrogen-bond donors (Lipinski definition) is 2. The molecule has 0 aliphatic rings. The van der Waals surface area contributed by atoms with E-state index >= 15 is 0 Å². The lowest BCUT2D eigenvalue weighted by molar-refractivity contribution is 0.0692. The number of carboxylic acid groups (broad SMARTS) is 1. The Balaban J connectivity index is 2.27. The van der Waals surface area contributed by atoms with Crippen molar-refractivity contribution in [1.82, 2.24) is 9.78 Å². The van der Waals surface area contributed by atoms with Gasteiger partial charge < -0.3 is 10.4 Å². The van der Waals surface area contributed by atoms with Gasteiger partial charge in [0.2, 0.25) is 0 Å². The van der Waals surface area contributed by atoms with Gasteiger partial charge >= 0.3 is 5.97 Å². The number of aromatic carboxylic acids is 1. The summed E-state index contributed by atoms with van der Waals surface area (Å²) in [7, 11) is 1.50. The number of nitrogens with zero attached hydrogens (tertiary/aromatic N) is 2. The highest BCUT2D eigenvalue weighted by molar-refractivity contribution is 6.30. The minimum Gasteiger partial charge on any atom is -0.478 e. The maximum Gasteiger partial charge on any atom is 0.339 e. The van der Waals surface area contributed by atoms with Crippen LogP contribution in [0.3, 0.4) is 0 Å². The zero-order chi connectivity index (χ0) is 14.0. The molecule has 0 bridgehead atoms. The number of halogens is 1. The van der Waals surface area contributed by atoms with E-state index in [1.807, 2.05) is 0 Å². The lowest BCUT2D eigenvalue weighted by Gasteiger charge is -2.06. The molecule has 1 heterocycles. The lowest BCUT2D eigenvalue weighted by Crippen LogP contribution is -2.19. The molecule has 0 saturated heterocycles. The second-order valence-corrected chi connectivity index (χ2v) is 4.23. The highest BCUT2D eigenvalue weighted by Gasteiger charge is 2.21. The van der Waals surface area contributed by atoms with Gasteiger partial charge in [0.15, 0.2) is 0 Å². The second kappa shape index (κ2) is 5.11. The fourth-order valence-electron chi connectivity index (χ4n) is 1.59. The summed E-state index contributed by atoms with van der Waals surface area (Å²) < 4.78 is 1.22. The number of aryl methyl sites for hydroxylation is 1. The summed E-state index contributed by atoms with van der Waals surface area (Å²) in [6.07, 6.45) is 1.14. The Hall–Kier alpha value is -2.34. The zero-order valence-electron chi connectivity index (χ0n) is 9.92. The number of amides is 1. The number of carboxylic acids is 1. The second-order valence-electron chi connectivity index (χ2n) is 3.80. The fraction of sp³-hybridized carbons (Fsp3) is 0.0833. The Morgan fingerprint density at radius 2 is 1.95 bits per heavy atom. The molecule has 0 unspecified atom stereocenters. The fourth-order valence-corrected chi connectivity index (χ4v) is 1.71. The molecule has 19 heavy (non-hydrogen) atoms. The lowest BCUT2D eigenvalue weighted by atomic mass is 10.2. The number of carbonyl (C=O) groups is 2. The molecule has 98 valence electrons. The number of carbonyl (C=O) groups excluding carboxylic acids is 1. The predicted octanol–water partition coefficient (Wildman–Crippen LogP) is 2.02. The van der Waals surface area contributed by atoms with Gasteiger partial charge in [0.25, 0.3) is 5.91 Å². The van der Waals surface area contributed by atoms with Crippen LogP contribution in [-0.2, 0) is 7.05 Å². The molecule has 0 spiro atoms. The van der Waals surface area contributed by atoms with Crippen molar-refractivity contribution in [2.24, 2.45) is 7.05 Å². The van der Waals surface area contributed by atoms with Crippen molar-refractivity contribution in [3.05, 3.63) is 46.7 Å². The molecule has 1 aromatic heterocycles. The first-order valence-corrected chi connectivity index (χ1v) is 5.69. The molecule has 0 atom stereocenters. The number of anilines is 1. The van der Waals surface area contributed by atoms with Gasteiger partial charge in [-0.25, -0.2) is 4.79 Å². The van der Waals surface area contributed by atoms with Crippen LogP contribution >= 0.6 is 11.6 Å². The van der Waals surface area contributed by atoms with Gasteiger partial charge in [-0.2, -0.15) is 5.10 Å². The monoisotopic (exact) mass is 279 g/mol. The third kappa shape index (κ3) is 2.74. The maximum absolute atomic E-state index is 12.0. The van der Waals surface area contributed by atoms with Gasteiger partial charge in [-0.05, 0) is 24.3 Å². The van der Waals surface area contributed by atoms with Crippen molar-refractivity contribution in [2.75, 3.05) is 5.32 Å². The molecule has 1 aromatic carbocycles. The van der Waals surface area contributed by atoms with Crippen molar-refractivity contribution in [2.45, 2.75) is 0 Å². The van der Waals surface area contributed by atoms with Gasteiger partial charge in [-0.1, -0.05) is 11.6 Å². The predicted molar refractivity (Wildman–Crippen MR) is 69.6 cm³/mol. The van der Waals surface area contributed by atoms with E-state index < -0.39 is 11.9 Å². The minimum absolute atomic E-state index is 0.0116. The number of hydrogen-bond acceptors (Lipinski definition) is 3. The Kier molecular flexibility index (Phi) is 3.52. The van der Waals surface area contributed by atoms with E-state index in [-0.39, 0.29) is 11.3 Å². The Morgan fingerprint density at radius 3 is 2.53 bits per heavy atom. The molecular weight excluding hydrogens is 270 g/mol. The summed E-state index contributed by atoms with van der Waals surface area (Å²) in [5.41, 5.74) is 0.364. The van der Waals surface area contributed by atoms with E-state index in [9.17, 15) is 9.59 Å². The quantitative estimate of drug-likeness (QED) is 0.900. The molecular formula is C12H10ClN3O3. The third-order valence-electron chi connectivity index (χ3n) is 2.49. The van der Waals surface area contributed by atoms with Crippen LogP contribution in [0.4, 0.5) is 5.69 Å². The van der Waals surface area contributed by atoms with Crippen LogP contribution in [-0.4, -0.2) is 26.8 Å². The van der Waals surface area contributed by atoms with Crippen LogP contribution in [0.2, 0.25) is 5.02 Å². The van der Waals surface area contributed by atoms with Crippen molar-refractivity contribution >= 4 is 29.2 Å². The summed E-state index contributed by atoms with van der Waals surface area (Å²) in [4.78, 5) is 23.0. The van der Waals surface area contributed by atoms with E-state index in [0.717, 1.165) is 6.20 Å². The van der Waals surface area contributed by atoms with Crippen molar-refractivity contribution < 1.29 is 14.7 Å². The summed E-state index contributed by atoms with van der Waals surface area (Å²) in [5.74, 6) is -1.74. The Labute approximate surface area is 113 Å². The molecule has 6 nitrogen and oxygen atoms in total. The SMILES string of the molecule is Cn1ncc(C(=O)O)c1C(=O)Nc1ccc(Cl)cc1. The normalized spacial score (nSPS) is 10.2. The number of nitrogens with one attached hydrogen (secondary N) is 1. The molecule has 0 saturated carbocycles. The van der Waals surface area contributed by atoms with Gasteiger partial charge in [0.05, 0.1) is 6.20 Å². The minimum atomic E-state index is -1.20. The Morgan fingerprint density at radius 1 is 1.32 bits per heavy atom. The van der Waals surface area contributed by atoms with Gasteiger partial charge in [-0.15, -0.1) is 0 Å². The number of aromatic nitrogens is 2. The maximum atomic E-state index is 12.0. The van der Waals surface area contributed by atoms with E-state index in [1.54, 1.807) is 24.3 Å². The van der Waals surface area contributed by atoms with E-state index in [1.165, 1.54) is 11.7 Å². The largest absolute Gasteiger partial charge is 0.478 e. The smallest absolute Gasteiger partial charge is 0.339 e. The highest BCUT2D eigenvalue weighted by atomic mass is 35.5. The van der Waals surface area contributed by atoms with E-state index in [0.29, 0.717) is 10.7 Å². The van der Waals surface area contributed by atoms with Gasteiger partial charge in [-0.3, -0.25) is 9.48 Å². The average Bonchev–Trinajstić information content (AvgIpc) is 2.74. The molecule has 0 aliphatic heterocycles. The van der Waals surface area contributed by atoms with Crippen LogP contribution in [0.15, 0.2) is 30.5 Å². The van der Waals surface area contributed by atoms with Crippen LogP contribution in [0.5, 0.6) is 0 Å². The van der Waals surface area contributed by atoms with Crippen molar-refractivity contribution in [3.63, 3.8) is 0 Å². The molecule has 2 aromatic rings. The third-order valence-corrected chi connectivity index (χ3v) is 2.74. The number of rotatable bonds is 3. The van der Waals surface area contributed by atoms with Crippen LogP contribution in [0.25, 0.3) is 0 Å². The average molecular weight is 280 g/mol. The summed E-state index contributed by atoms with van der Waals surface area (Å²) in [6.45, 7) is 0. The molecule has 2 rings (SSSR count). The van der Waals surface area contributed by atoms with E-state index in [4.69, 9.17) is 16.7 Å². The van der Waals surface area contributed by atoms with Crippen LogP contribution < -0.4 is 5.32 Å². The molecule has 0 fully saturated rings. The van der Waals surface area contributed by atoms with Crippen LogP contribution in [0.1, 0.15) is 20.8 Å². The number of benzene rings is 1. The summed E-state index contributed by atoms with van der Waals surface area (Å²) >= 11 is 5.74. The molecule has 2 N–H and O–H groups in total. The van der Waals surface area contributed by atoms with Gasteiger partial charge in [0, 0.05) is 17.8 Å². The zero-order valence-corrected chi connectivity index (χ0v) is 10.7. The molecule has 7 heteroatoms. The Bertz CT molecular complexity index is 634. The topological polar surface area (TPSA) is 84.2 Å². The van der Waals surface area contributed by atoms with Crippen LogP contribution in [0, 0.1) is 0 Å². The standard InChI is InChI=1S/C12H10ClN3O3/c1-16-10(9(6-14-16)12(18)19)11(17)15-8-4-2-7(13)3-5-8/h2-6H,1H3,(H,15,17)(H,18,19). The molecule has 1 amide bonds. The molecule has 0 aliphatic carbocycles. The summed E-state index contributed by atoms with van der Waals surface area (Å²) in [5, 5.41) is 15.9. The first-order chi connectivity index (χ1) is 8.99. The first kappa shape index (κ1) is 13.1. The van der Waals surface area contributed by atoms with Gasteiger partial charge in [0.1, 0.15) is 11.3 Å². The van der Waals surface area contributed by atoms with Crippen molar-refractivity contribution in [3.8, 4) is 0 Å². The first-order valence-electron chi connectivity index (χ1n) is 5.31. The highest BCUT2D eigenvalue weighted by Crippen LogP contribution is 2.15. The van der Waals surface area contributed by atoms with E-state index in [2.05, 4.69) is 10.4 Å².